The zero-order chi connectivity index (χ0) is 12.3. The molecule has 0 aliphatic heterocycles. The molecule has 0 bridgehead atoms. The minimum atomic E-state index is -3.71. The van der Waals surface area contributed by atoms with Gasteiger partial charge in [0, 0.05) is 16.1 Å². The van der Waals surface area contributed by atoms with Crippen LogP contribution in [-0.2, 0) is 16.6 Å². The molecule has 0 amide bonds. The van der Waals surface area contributed by atoms with Crippen molar-refractivity contribution >= 4 is 33.4 Å². The van der Waals surface area contributed by atoms with Gasteiger partial charge < -0.3 is 0 Å². The van der Waals surface area contributed by atoms with Gasteiger partial charge in [-0.1, -0.05) is 29.3 Å². The molecular formula is C9H12Cl2N2O2S. The maximum Gasteiger partial charge on any atom is 0.274 e. The van der Waals surface area contributed by atoms with Crippen LogP contribution in [0.2, 0.25) is 10.0 Å². The topological polar surface area (TPSA) is 72.2 Å². The van der Waals surface area contributed by atoms with E-state index in [0.717, 1.165) is 0 Å². The molecule has 1 atom stereocenters. The molecule has 0 spiro atoms. The van der Waals surface area contributed by atoms with Gasteiger partial charge in [-0.2, -0.15) is 13.1 Å². The van der Waals surface area contributed by atoms with Crippen molar-refractivity contribution in [1.82, 2.24) is 4.72 Å². The van der Waals surface area contributed by atoms with Crippen molar-refractivity contribution in [2.24, 2.45) is 5.14 Å². The van der Waals surface area contributed by atoms with Crippen LogP contribution in [0.15, 0.2) is 18.2 Å². The van der Waals surface area contributed by atoms with Gasteiger partial charge in [-0.05, 0) is 31.0 Å². The summed E-state index contributed by atoms with van der Waals surface area (Å²) >= 11 is 11.9. The number of hydrogen-bond acceptors (Lipinski definition) is 2. The van der Waals surface area contributed by atoms with Crippen molar-refractivity contribution in [3.8, 4) is 0 Å². The first kappa shape index (κ1) is 13.7. The van der Waals surface area contributed by atoms with E-state index in [0.29, 0.717) is 22.0 Å². The Labute approximate surface area is 105 Å². The van der Waals surface area contributed by atoms with Crippen LogP contribution in [0.4, 0.5) is 0 Å². The second kappa shape index (κ2) is 5.33. The van der Waals surface area contributed by atoms with Crippen molar-refractivity contribution in [1.29, 1.82) is 0 Å². The quantitative estimate of drug-likeness (QED) is 0.883. The molecule has 3 N–H and O–H groups in total. The standard InChI is InChI=1S/C9H12Cl2N2O2S/c1-6(13-16(12,14)15)5-7-8(10)3-2-4-9(7)11/h2-4,6,13H,5H2,1H3,(H2,12,14,15)/t6-/m0/s1. The minimum Gasteiger partial charge on any atom is -0.216 e. The number of nitrogens with two attached hydrogens (primary N) is 1. The molecule has 0 unspecified atom stereocenters. The highest BCUT2D eigenvalue weighted by atomic mass is 35.5. The van der Waals surface area contributed by atoms with Gasteiger partial charge in [0.15, 0.2) is 0 Å². The van der Waals surface area contributed by atoms with Crippen molar-refractivity contribution < 1.29 is 8.42 Å². The third kappa shape index (κ3) is 4.27. The average Bonchev–Trinajstić information content (AvgIpc) is 2.08. The molecule has 0 heterocycles. The summed E-state index contributed by atoms with van der Waals surface area (Å²) in [6.45, 7) is 1.68. The van der Waals surface area contributed by atoms with E-state index in [1.807, 2.05) is 0 Å². The second-order valence-corrected chi connectivity index (χ2v) is 5.61. The van der Waals surface area contributed by atoms with Gasteiger partial charge >= 0.3 is 0 Å². The molecule has 0 radical (unpaired) electrons. The minimum absolute atomic E-state index is 0.368. The maximum atomic E-state index is 10.8. The summed E-state index contributed by atoms with van der Waals surface area (Å²) in [6.07, 6.45) is 0.384. The largest absolute Gasteiger partial charge is 0.274 e. The van der Waals surface area contributed by atoms with E-state index in [-0.39, 0.29) is 6.04 Å². The number of hydrogen-bond donors (Lipinski definition) is 2. The fourth-order valence-electron chi connectivity index (χ4n) is 1.36. The van der Waals surface area contributed by atoms with Gasteiger partial charge in [-0.3, -0.25) is 0 Å². The van der Waals surface area contributed by atoms with Gasteiger partial charge in [-0.25, -0.2) is 5.14 Å². The van der Waals surface area contributed by atoms with Crippen LogP contribution in [-0.4, -0.2) is 14.5 Å². The molecule has 0 fully saturated rings. The summed E-state index contributed by atoms with van der Waals surface area (Å²) in [7, 11) is -3.71. The lowest BCUT2D eigenvalue weighted by molar-refractivity contribution is 0.561. The number of rotatable bonds is 4. The van der Waals surface area contributed by atoms with E-state index >= 15 is 0 Å². The van der Waals surface area contributed by atoms with E-state index in [2.05, 4.69) is 4.72 Å². The summed E-state index contributed by atoms with van der Waals surface area (Å²) in [6, 6.07) is 4.76. The van der Waals surface area contributed by atoms with Gasteiger partial charge in [0.25, 0.3) is 10.2 Å². The maximum absolute atomic E-state index is 10.8. The predicted molar refractivity (Wildman–Crippen MR) is 65.9 cm³/mol. The molecule has 4 nitrogen and oxygen atoms in total. The monoisotopic (exact) mass is 282 g/mol. The first-order valence-electron chi connectivity index (χ1n) is 4.52. The van der Waals surface area contributed by atoms with Crippen molar-refractivity contribution in [2.45, 2.75) is 19.4 Å². The molecule has 0 aliphatic rings. The third-order valence-corrected chi connectivity index (χ3v) is 3.38. The van der Waals surface area contributed by atoms with E-state index in [9.17, 15) is 8.42 Å². The molecule has 0 aromatic heterocycles. The molecule has 0 aliphatic carbocycles. The van der Waals surface area contributed by atoms with Gasteiger partial charge in [0.1, 0.15) is 0 Å². The highest BCUT2D eigenvalue weighted by Crippen LogP contribution is 2.25. The summed E-state index contributed by atoms with van der Waals surface area (Å²) in [5.74, 6) is 0. The molecule has 90 valence electrons. The zero-order valence-electron chi connectivity index (χ0n) is 8.57. The Hall–Kier alpha value is -0.330. The smallest absolute Gasteiger partial charge is 0.216 e. The van der Waals surface area contributed by atoms with E-state index in [1.165, 1.54) is 0 Å². The lowest BCUT2D eigenvalue weighted by atomic mass is 10.1. The Morgan fingerprint density at radius 3 is 2.31 bits per heavy atom. The summed E-state index contributed by atoms with van der Waals surface area (Å²) in [4.78, 5) is 0. The highest BCUT2D eigenvalue weighted by Gasteiger charge is 2.13. The van der Waals surface area contributed by atoms with Crippen LogP contribution in [0.5, 0.6) is 0 Å². The Kier molecular flexibility index (Phi) is 4.58. The van der Waals surface area contributed by atoms with E-state index < -0.39 is 10.2 Å². The molecule has 0 saturated heterocycles. The van der Waals surface area contributed by atoms with Crippen LogP contribution in [0, 0.1) is 0 Å². The molecule has 0 saturated carbocycles. The number of nitrogens with one attached hydrogen (secondary N) is 1. The van der Waals surface area contributed by atoms with Crippen LogP contribution in [0.3, 0.4) is 0 Å². The molecule has 16 heavy (non-hydrogen) atoms. The Balaban J connectivity index is 2.81. The Bertz CT molecular complexity index is 456. The first-order chi connectivity index (χ1) is 7.29. The second-order valence-electron chi connectivity index (χ2n) is 3.47. The van der Waals surface area contributed by atoms with E-state index in [1.54, 1.807) is 25.1 Å². The normalized spacial score (nSPS) is 13.8. The average molecular weight is 283 g/mol. The SMILES string of the molecule is C[C@@H](Cc1c(Cl)cccc1Cl)NS(N)(=O)=O. The fourth-order valence-corrected chi connectivity index (χ4v) is 2.55. The van der Waals surface area contributed by atoms with Crippen LogP contribution < -0.4 is 9.86 Å². The molecule has 7 heteroatoms. The third-order valence-electron chi connectivity index (χ3n) is 1.94. The molecule has 1 rings (SSSR count). The summed E-state index contributed by atoms with van der Waals surface area (Å²) < 4.78 is 23.9. The zero-order valence-corrected chi connectivity index (χ0v) is 10.9. The molecule has 1 aromatic rings. The van der Waals surface area contributed by atoms with Crippen molar-refractivity contribution in [3.05, 3.63) is 33.8 Å². The van der Waals surface area contributed by atoms with E-state index in [4.69, 9.17) is 28.3 Å². The van der Waals surface area contributed by atoms with Crippen molar-refractivity contribution in [2.75, 3.05) is 0 Å². The first-order valence-corrected chi connectivity index (χ1v) is 6.83. The van der Waals surface area contributed by atoms with Crippen LogP contribution >= 0.6 is 23.2 Å². The highest BCUT2D eigenvalue weighted by molar-refractivity contribution is 7.87. The predicted octanol–water partition coefficient (Wildman–Crippen LogP) is 1.72. The lowest BCUT2D eigenvalue weighted by Crippen LogP contribution is -2.38. The Morgan fingerprint density at radius 2 is 1.88 bits per heavy atom. The fraction of sp³-hybridized carbons (Fsp3) is 0.333. The number of benzene rings is 1. The molecule has 1 aromatic carbocycles. The molecular weight excluding hydrogens is 271 g/mol. The van der Waals surface area contributed by atoms with Gasteiger partial charge in [0.05, 0.1) is 0 Å². The summed E-state index contributed by atoms with van der Waals surface area (Å²) in [5, 5.41) is 5.88. The Morgan fingerprint density at radius 1 is 1.38 bits per heavy atom. The van der Waals surface area contributed by atoms with Crippen LogP contribution in [0.25, 0.3) is 0 Å². The number of halogens is 2. The van der Waals surface area contributed by atoms with Gasteiger partial charge in [0.2, 0.25) is 0 Å². The van der Waals surface area contributed by atoms with Crippen LogP contribution in [0.1, 0.15) is 12.5 Å². The van der Waals surface area contributed by atoms with Gasteiger partial charge in [-0.15, -0.1) is 0 Å². The lowest BCUT2D eigenvalue weighted by Gasteiger charge is -2.13. The summed E-state index contributed by atoms with van der Waals surface area (Å²) in [5.41, 5.74) is 0.703. The van der Waals surface area contributed by atoms with Crippen molar-refractivity contribution in [3.63, 3.8) is 0 Å².